The van der Waals surface area contributed by atoms with Gasteiger partial charge in [-0.05, 0) is 11.6 Å². The van der Waals surface area contributed by atoms with Gasteiger partial charge in [0.15, 0.2) is 0 Å². The van der Waals surface area contributed by atoms with Crippen LogP contribution in [0.1, 0.15) is 25.3 Å². The van der Waals surface area contributed by atoms with Gasteiger partial charge in [0.1, 0.15) is 0 Å². The number of nitrogens with zero attached hydrogens (tertiary/aromatic N) is 3. The number of urea groups is 1. The van der Waals surface area contributed by atoms with Crippen LogP contribution in [0.15, 0.2) is 24.3 Å². The predicted octanol–water partition coefficient (Wildman–Crippen LogP) is 2.39. The van der Waals surface area contributed by atoms with Crippen LogP contribution < -0.4 is 4.90 Å². The summed E-state index contributed by atoms with van der Waals surface area (Å²) in [5, 5.41) is 0. The molecule has 0 N–H and O–H groups in total. The van der Waals surface area contributed by atoms with E-state index in [9.17, 15) is 9.59 Å². The molecule has 3 amide bonds. The van der Waals surface area contributed by atoms with E-state index in [-0.39, 0.29) is 17.9 Å². The van der Waals surface area contributed by atoms with E-state index < -0.39 is 0 Å². The summed E-state index contributed by atoms with van der Waals surface area (Å²) in [5.74, 6) is 0.775. The fourth-order valence-electron chi connectivity index (χ4n) is 3.75. The van der Waals surface area contributed by atoms with E-state index in [0.717, 1.165) is 18.8 Å². The molecule has 2 aliphatic heterocycles. The van der Waals surface area contributed by atoms with Crippen molar-refractivity contribution < 1.29 is 9.59 Å². The van der Waals surface area contributed by atoms with Gasteiger partial charge in [0.25, 0.3) is 0 Å². The van der Waals surface area contributed by atoms with Crippen LogP contribution in [-0.2, 0) is 4.79 Å². The molecule has 0 unspecified atom stereocenters. The fraction of sp³-hybridized carbons (Fsp3) is 0.556. The molecule has 0 radical (unpaired) electrons. The predicted molar refractivity (Wildman–Crippen MR) is 90.5 cm³/mol. The lowest BCUT2D eigenvalue weighted by Crippen LogP contribution is -2.43. The molecule has 0 aliphatic carbocycles. The largest absolute Gasteiger partial charge is 0.331 e. The van der Waals surface area contributed by atoms with Crippen molar-refractivity contribution in [1.29, 1.82) is 0 Å². The van der Waals surface area contributed by atoms with Crippen molar-refractivity contribution in [3.63, 3.8) is 0 Å². The second-order valence-corrected chi connectivity index (χ2v) is 7.11. The molecule has 2 heterocycles. The van der Waals surface area contributed by atoms with Gasteiger partial charge in [0.2, 0.25) is 5.91 Å². The van der Waals surface area contributed by atoms with Crippen molar-refractivity contribution in [2.45, 2.75) is 19.8 Å². The summed E-state index contributed by atoms with van der Waals surface area (Å²) < 4.78 is 0. The smallest absolute Gasteiger partial charge is 0.319 e. The van der Waals surface area contributed by atoms with E-state index in [1.807, 2.05) is 41.8 Å². The van der Waals surface area contributed by atoms with Crippen LogP contribution in [0.4, 0.5) is 10.5 Å². The molecule has 2 aliphatic rings. The Labute approximate surface area is 137 Å². The van der Waals surface area contributed by atoms with Crippen molar-refractivity contribution >= 4 is 17.6 Å². The van der Waals surface area contributed by atoms with Gasteiger partial charge in [0, 0.05) is 57.2 Å². The molecule has 0 saturated carbocycles. The Bertz CT molecular complexity index is 626. The van der Waals surface area contributed by atoms with E-state index >= 15 is 0 Å². The number of likely N-dealkylation sites (tertiary alicyclic amines) is 1. The summed E-state index contributed by atoms with van der Waals surface area (Å²) in [7, 11) is 3.57. The third-order valence-corrected chi connectivity index (χ3v) is 4.90. The van der Waals surface area contributed by atoms with E-state index in [1.165, 1.54) is 5.56 Å². The quantitative estimate of drug-likeness (QED) is 0.799. The van der Waals surface area contributed by atoms with E-state index in [0.29, 0.717) is 18.4 Å². The second-order valence-electron chi connectivity index (χ2n) is 7.11. The SMILES string of the molecule is CC(C)C(=O)N1C[C@H]2CN(C(=O)N(C)C)C[C@@H]2c2ccccc21. The number of hydrogen-bond acceptors (Lipinski definition) is 2. The second kappa shape index (κ2) is 5.87. The van der Waals surface area contributed by atoms with E-state index in [2.05, 4.69) is 6.07 Å². The Kier molecular flexibility index (Phi) is 4.04. The zero-order valence-corrected chi connectivity index (χ0v) is 14.3. The minimum atomic E-state index is -0.0273. The summed E-state index contributed by atoms with van der Waals surface area (Å²) in [6.07, 6.45) is 0. The summed E-state index contributed by atoms with van der Waals surface area (Å²) in [5.41, 5.74) is 2.22. The molecule has 0 bridgehead atoms. The van der Waals surface area contributed by atoms with Crippen molar-refractivity contribution in [1.82, 2.24) is 9.80 Å². The molecular weight excluding hydrogens is 290 g/mol. The van der Waals surface area contributed by atoms with Crippen molar-refractivity contribution in [2.75, 3.05) is 38.6 Å². The van der Waals surface area contributed by atoms with E-state index in [4.69, 9.17) is 0 Å². The van der Waals surface area contributed by atoms with Crippen molar-refractivity contribution in [3.8, 4) is 0 Å². The monoisotopic (exact) mass is 315 g/mol. The van der Waals surface area contributed by atoms with Crippen LogP contribution in [0, 0.1) is 11.8 Å². The zero-order valence-electron chi connectivity index (χ0n) is 14.3. The molecule has 1 saturated heterocycles. The van der Waals surface area contributed by atoms with Crippen LogP contribution in [0.2, 0.25) is 0 Å². The molecule has 0 spiro atoms. The standard InChI is InChI=1S/C18H25N3O2/c1-12(2)17(22)21-10-13-9-20(18(23)19(3)4)11-15(13)14-7-5-6-8-16(14)21/h5-8,12-13,15H,9-11H2,1-4H3/t13-,15+/m1/s1. The molecule has 2 atom stereocenters. The number of fused-ring (bicyclic) bond motifs is 3. The molecule has 1 fully saturated rings. The number of carbonyl (C=O) groups excluding carboxylic acids is 2. The molecule has 5 heteroatoms. The van der Waals surface area contributed by atoms with Crippen LogP contribution in [-0.4, -0.2) is 55.5 Å². The first-order valence-corrected chi connectivity index (χ1v) is 8.26. The van der Waals surface area contributed by atoms with Gasteiger partial charge < -0.3 is 14.7 Å². The third-order valence-electron chi connectivity index (χ3n) is 4.90. The molecule has 1 aromatic carbocycles. The first kappa shape index (κ1) is 15.8. The zero-order chi connectivity index (χ0) is 16.7. The molecule has 23 heavy (non-hydrogen) atoms. The topological polar surface area (TPSA) is 43.9 Å². The van der Waals surface area contributed by atoms with Gasteiger partial charge in [-0.1, -0.05) is 32.0 Å². The normalized spacial score (nSPS) is 22.8. The molecular formula is C18H25N3O2. The highest BCUT2D eigenvalue weighted by Crippen LogP contribution is 2.43. The molecule has 124 valence electrons. The minimum absolute atomic E-state index is 0.0273. The molecule has 1 aromatic rings. The number of para-hydroxylation sites is 1. The van der Waals surface area contributed by atoms with Gasteiger partial charge >= 0.3 is 6.03 Å². The average Bonchev–Trinajstić information content (AvgIpc) is 2.96. The van der Waals surface area contributed by atoms with Gasteiger partial charge in [-0.3, -0.25) is 4.79 Å². The Balaban J connectivity index is 1.93. The van der Waals surface area contributed by atoms with Crippen molar-refractivity contribution in [2.24, 2.45) is 11.8 Å². The van der Waals surface area contributed by atoms with Crippen LogP contribution in [0.5, 0.6) is 0 Å². The van der Waals surface area contributed by atoms with Crippen LogP contribution >= 0.6 is 0 Å². The first-order chi connectivity index (χ1) is 10.9. The maximum Gasteiger partial charge on any atom is 0.319 e. The minimum Gasteiger partial charge on any atom is -0.331 e. The number of anilines is 1. The highest BCUT2D eigenvalue weighted by atomic mass is 16.2. The summed E-state index contributed by atoms with van der Waals surface area (Å²) in [4.78, 5) is 30.4. The average molecular weight is 315 g/mol. The van der Waals surface area contributed by atoms with Gasteiger partial charge in [0.05, 0.1) is 0 Å². The lowest BCUT2D eigenvalue weighted by molar-refractivity contribution is -0.121. The Morgan fingerprint density at radius 2 is 1.83 bits per heavy atom. The Morgan fingerprint density at radius 3 is 2.48 bits per heavy atom. The Hall–Kier alpha value is -2.04. The number of carbonyl (C=O) groups is 2. The number of benzene rings is 1. The maximum atomic E-state index is 12.6. The van der Waals surface area contributed by atoms with Gasteiger partial charge in [-0.2, -0.15) is 0 Å². The van der Waals surface area contributed by atoms with Crippen LogP contribution in [0.25, 0.3) is 0 Å². The molecule has 0 aromatic heterocycles. The summed E-state index contributed by atoms with van der Waals surface area (Å²) in [6.45, 7) is 6.04. The first-order valence-electron chi connectivity index (χ1n) is 8.26. The highest BCUT2D eigenvalue weighted by Gasteiger charge is 2.43. The van der Waals surface area contributed by atoms with Crippen LogP contribution in [0.3, 0.4) is 0 Å². The Morgan fingerprint density at radius 1 is 1.13 bits per heavy atom. The van der Waals surface area contributed by atoms with Gasteiger partial charge in [-0.25, -0.2) is 4.79 Å². The molecule has 3 rings (SSSR count). The lowest BCUT2D eigenvalue weighted by atomic mass is 9.83. The number of hydrogen-bond donors (Lipinski definition) is 0. The maximum absolute atomic E-state index is 12.6. The number of rotatable bonds is 1. The van der Waals surface area contributed by atoms with Gasteiger partial charge in [-0.15, -0.1) is 0 Å². The van der Waals surface area contributed by atoms with E-state index in [1.54, 1.807) is 19.0 Å². The fourth-order valence-corrected chi connectivity index (χ4v) is 3.75. The summed E-state index contributed by atoms with van der Waals surface area (Å²) in [6, 6.07) is 8.20. The lowest BCUT2D eigenvalue weighted by Gasteiger charge is -2.37. The third kappa shape index (κ3) is 2.69. The summed E-state index contributed by atoms with van der Waals surface area (Å²) >= 11 is 0. The highest BCUT2D eigenvalue weighted by molar-refractivity contribution is 5.96. The van der Waals surface area contributed by atoms with Crippen molar-refractivity contribution in [3.05, 3.63) is 29.8 Å². The number of amides is 3. The molecule has 5 nitrogen and oxygen atoms in total.